The predicted octanol–water partition coefficient (Wildman–Crippen LogP) is 6.34. The van der Waals surface area contributed by atoms with Gasteiger partial charge in [0.2, 0.25) is 0 Å². The van der Waals surface area contributed by atoms with Crippen molar-refractivity contribution in [1.82, 2.24) is 0 Å². The summed E-state index contributed by atoms with van der Waals surface area (Å²) in [5.41, 5.74) is 0.730. The van der Waals surface area contributed by atoms with Crippen LogP contribution >= 0.6 is 0 Å². The molecular formula is C26H48O4. The molecule has 0 saturated heterocycles. The van der Waals surface area contributed by atoms with Crippen LogP contribution in [0.5, 0.6) is 0 Å². The first-order valence-electron chi connectivity index (χ1n) is 12.6. The van der Waals surface area contributed by atoms with Gasteiger partial charge in [-0.15, -0.1) is 0 Å². The van der Waals surface area contributed by atoms with Gasteiger partial charge in [0.15, 0.2) is 0 Å². The molecule has 30 heavy (non-hydrogen) atoms. The molecule has 0 heterocycles. The van der Waals surface area contributed by atoms with Crippen molar-refractivity contribution in [3.05, 3.63) is 11.6 Å². The molecule has 0 spiro atoms. The van der Waals surface area contributed by atoms with Crippen LogP contribution in [0.4, 0.5) is 0 Å². The monoisotopic (exact) mass is 424 g/mol. The van der Waals surface area contributed by atoms with Gasteiger partial charge in [-0.05, 0) is 57.8 Å². The maximum Gasteiger partial charge on any atom is 0.305 e. The Morgan fingerprint density at radius 2 is 1.90 bits per heavy atom. The zero-order chi connectivity index (χ0) is 22.4. The van der Waals surface area contributed by atoms with Crippen LogP contribution in [0, 0.1) is 11.8 Å². The van der Waals surface area contributed by atoms with Gasteiger partial charge in [0.1, 0.15) is 0 Å². The minimum Gasteiger partial charge on any atom is -0.466 e. The second-order valence-corrected chi connectivity index (χ2v) is 9.35. The lowest BCUT2D eigenvalue weighted by atomic mass is 9.78. The molecule has 0 aromatic rings. The Bertz CT molecular complexity index is 501. The van der Waals surface area contributed by atoms with Gasteiger partial charge in [0, 0.05) is 12.3 Å². The first kappa shape index (κ1) is 27.2. The van der Waals surface area contributed by atoms with Crippen LogP contribution in [0.3, 0.4) is 0 Å². The van der Waals surface area contributed by atoms with Crippen molar-refractivity contribution < 1.29 is 19.7 Å². The number of hydrogen-bond donors (Lipinski definition) is 2. The Kier molecular flexibility index (Phi) is 13.6. The van der Waals surface area contributed by atoms with Gasteiger partial charge >= 0.3 is 5.97 Å². The average molecular weight is 425 g/mol. The summed E-state index contributed by atoms with van der Waals surface area (Å²) in [7, 11) is 0. The van der Waals surface area contributed by atoms with Crippen molar-refractivity contribution in [2.24, 2.45) is 11.8 Å². The van der Waals surface area contributed by atoms with Crippen LogP contribution in [0.15, 0.2) is 11.6 Å². The Morgan fingerprint density at radius 3 is 2.57 bits per heavy atom. The third kappa shape index (κ3) is 9.51. The molecule has 176 valence electrons. The zero-order valence-electron chi connectivity index (χ0n) is 20.1. The van der Waals surface area contributed by atoms with Crippen LogP contribution < -0.4 is 0 Å². The van der Waals surface area contributed by atoms with E-state index in [1.54, 1.807) is 0 Å². The fourth-order valence-corrected chi connectivity index (χ4v) is 4.87. The van der Waals surface area contributed by atoms with Gasteiger partial charge in [-0.3, -0.25) is 4.79 Å². The Hall–Kier alpha value is -0.870. The molecule has 2 unspecified atom stereocenters. The van der Waals surface area contributed by atoms with Gasteiger partial charge in [-0.1, -0.05) is 70.9 Å². The van der Waals surface area contributed by atoms with Crippen LogP contribution in [-0.4, -0.2) is 34.5 Å². The van der Waals surface area contributed by atoms with Crippen LogP contribution in [0.2, 0.25) is 0 Å². The normalized spacial score (nSPS) is 23.5. The molecule has 4 nitrogen and oxygen atoms in total. The highest BCUT2D eigenvalue weighted by Crippen LogP contribution is 2.38. The smallest absolute Gasteiger partial charge is 0.305 e. The molecule has 0 aliphatic heterocycles. The molecule has 2 N–H and O–H groups in total. The van der Waals surface area contributed by atoms with E-state index in [2.05, 4.69) is 26.8 Å². The molecule has 0 aromatic heterocycles. The summed E-state index contributed by atoms with van der Waals surface area (Å²) in [5.74, 6) is 0.451. The van der Waals surface area contributed by atoms with Gasteiger partial charge in [0.25, 0.3) is 0 Å². The van der Waals surface area contributed by atoms with E-state index in [-0.39, 0.29) is 18.0 Å². The molecule has 1 aliphatic carbocycles. The maximum absolute atomic E-state index is 11.4. The second kappa shape index (κ2) is 15.0. The Morgan fingerprint density at radius 1 is 1.17 bits per heavy atom. The van der Waals surface area contributed by atoms with Crippen molar-refractivity contribution in [3.8, 4) is 0 Å². The molecule has 1 rings (SSSR count). The summed E-state index contributed by atoms with van der Waals surface area (Å²) >= 11 is 0. The highest BCUT2D eigenvalue weighted by atomic mass is 16.5. The number of carbonyl (C=O) groups excluding carboxylic acids is 1. The number of ether oxygens (including phenoxy) is 1. The van der Waals surface area contributed by atoms with Crippen LogP contribution in [0.1, 0.15) is 118 Å². The lowest BCUT2D eigenvalue weighted by Crippen LogP contribution is -2.36. The summed E-state index contributed by atoms with van der Waals surface area (Å²) < 4.78 is 4.97. The SMILES string of the molecule is CCCCC(C)C(O)(CC=C1CC[C@H](O)[C@@H]1CCCCCCC(=O)OCC)CCC. The number of hydrogen-bond acceptors (Lipinski definition) is 4. The standard InChI is InChI=1S/C26H48O4/c1-5-8-13-21(4)26(29,19-6-2)20-18-22-16-17-24(27)23(22)14-11-9-10-12-15-25(28)30-7-3/h18,21,23-24,27,29H,5-17,19-20H2,1-4H3/t21?,23-,24+,26?/m1/s1. The first-order valence-corrected chi connectivity index (χ1v) is 12.6. The molecule has 4 heteroatoms. The van der Waals surface area contributed by atoms with Gasteiger partial charge in [0.05, 0.1) is 18.3 Å². The summed E-state index contributed by atoms with van der Waals surface area (Å²) in [4.78, 5) is 11.4. The maximum atomic E-state index is 11.4. The van der Waals surface area contributed by atoms with E-state index in [0.717, 1.165) is 64.2 Å². The number of unbranched alkanes of at least 4 members (excludes halogenated alkanes) is 4. The second-order valence-electron chi connectivity index (χ2n) is 9.35. The lowest BCUT2D eigenvalue weighted by molar-refractivity contribution is -0.143. The van der Waals surface area contributed by atoms with Gasteiger partial charge in [-0.25, -0.2) is 0 Å². The summed E-state index contributed by atoms with van der Waals surface area (Å²) in [6, 6.07) is 0. The number of aliphatic hydroxyl groups excluding tert-OH is 1. The fraction of sp³-hybridized carbons (Fsp3) is 0.885. The summed E-state index contributed by atoms with van der Waals surface area (Å²) in [5, 5.41) is 21.8. The highest BCUT2D eigenvalue weighted by Gasteiger charge is 2.34. The summed E-state index contributed by atoms with van der Waals surface area (Å²) in [6.45, 7) is 8.84. The molecular weight excluding hydrogens is 376 g/mol. The van der Waals surface area contributed by atoms with Crippen molar-refractivity contribution in [2.75, 3.05) is 6.61 Å². The Balaban J connectivity index is 2.52. The number of esters is 1. The largest absolute Gasteiger partial charge is 0.466 e. The molecule has 0 amide bonds. The van der Waals surface area contributed by atoms with E-state index in [1.165, 1.54) is 18.4 Å². The molecule has 1 saturated carbocycles. The Labute approximate surface area is 185 Å². The topological polar surface area (TPSA) is 66.8 Å². The van der Waals surface area contributed by atoms with E-state index in [9.17, 15) is 15.0 Å². The molecule has 0 bridgehead atoms. The fourth-order valence-electron chi connectivity index (χ4n) is 4.87. The van der Waals surface area contributed by atoms with Gasteiger partial charge in [-0.2, -0.15) is 0 Å². The highest BCUT2D eigenvalue weighted by molar-refractivity contribution is 5.69. The van der Waals surface area contributed by atoms with Crippen molar-refractivity contribution in [1.29, 1.82) is 0 Å². The van der Waals surface area contributed by atoms with E-state index < -0.39 is 5.60 Å². The third-order valence-corrected chi connectivity index (χ3v) is 6.93. The van der Waals surface area contributed by atoms with E-state index in [0.29, 0.717) is 25.4 Å². The van der Waals surface area contributed by atoms with Crippen molar-refractivity contribution in [3.63, 3.8) is 0 Å². The van der Waals surface area contributed by atoms with Crippen molar-refractivity contribution >= 4 is 5.97 Å². The minimum atomic E-state index is -0.623. The number of rotatable bonds is 16. The zero-order valence-corrected chi connectivity index (χ0v) is 20.1. The molecule has 4 atom stereocenters. The molecule has 1 fully saturated rings. The first-order chi connectivity index (χ1) is 14.4. The lowest BCUT2D eigenvalue weighted by Gasteiger charge is -2.34. The average Bonchev–Trinajstić information content (AvgIpc) is 3.07. The van der Waals surface area contributed by atoms with E-state index >= 15 is 0 Å². The number of carbonyl (C=O) groups is 1. The van der Waals surface area contributed by atoms with Gasteiger partial charge < -0.3 is 14.9 Å². The number of aliphatic hydroxyl groups is 2. The van der Waals surface area contributed by atoms with Crippen LogP contribution in [-0.2, 0) is 9.53 Å². The predicted molar refractivity (Wildman–Crippen MR) is 124 cm³/mol. The quantitative estimate of drug-likeness (QED) is 0.172. The molecule has 0 radical (unpaired) electrons. The van der Waals surface area contributed by atoms with Crippen molar-refractivity contribution in [2.45, 2.75) is 129 Å². The summed E-state index contributed by atoms with van der Waals surface area (Å²) in [6.07, 6.45) is 15.4. The van der Waals surface area contributed by atoms with Crippen LogP contribution in [0.25, 0.3) is 0 Å². The minimum absolute atomic E-state index is 0.0957. The molecule has 0 aromatic carbocycles. The molecule has 1 aliphatic rings. The van der Waals surface area contributed by atoms with E-state index in [1.807, 2.05) is 6.92 Å². The third-order valence-electron chi connectivity index (χ3n) is 6.93. The van der Waals surface area contributed by atoms with E-state index in [4.69, 9.17) is 4.74 Å².